The number of halogens is 5. The number of alkyl halides is 3. The van der Waals surface area contributed by atoms with E-state index < -0.39 is 53.1 Å². The fourth-order valence-corrected chi connectivity index (χ4v) is 5.55. The van der Waals surface area contributed by atoms with Crippen molar-refractivity contribution in [2.75, 3.05) is 44.3 Å². The number of ether oxygens (including phenoxy) is 2. The van der Waals surface area contributed by atoms with Gasteiger partial charge in [-0.3, -0.25) is 4.90 Å². The molecule has 33 heavy (non-hydrogen) atoms. The van der Waals surface area contributed by atoms with Crippen LogP contribution in [-0.2, 0) is 4.74 Å². The van der Waals surface area contributed by atoms with Gasteiger partial charge in [0.15, 0.2) is 11.0 Å². The van der Waals surface area contributed by atoms with Crippen molar-refractivity contribution in [2.45, 2.75) is 42.9 Å². The first-order valence-corrected chi connectivity index (χ1v) is 11.2. The van der Waals surface area contributed by atoms with Gasteiger partial charge >= 0.3 is 6.01 Å². The number of pyridine rings is 1. The zero-order chi connectivity index (χ0) is 24.8. The minimum absolute atomic E-state index is 0.0357. The fraction of sp³-hybridized carbons (Fsp3) is 0.667. The Labute approximate surface area is 194 Å². The summed E-state index contributed by atoms with van der Waals surface area (Å²) in [5.74, 6) is -5.16. The highest BCUT2D eigenvalue weighted by atomic mass is 35.5. The van der Waals surface area contributed by atoms with Crippen molar-refractivity contribution in [3.05, 3.63) is 17.2 Å². The van der Waals surface area contributed by atoms with Crippen molar-refractivity contribution < 1.29 is 29.8 Å². The molecule has 12 heteroatoms. The molecule has 0 unspecified atom stereocenters. The number of rotatable bonds is 4. The van der Waals surface area contributed by atoms with E-state index in [1.807, 2.05) is 0 Å². The van der Waals surface area contributed by atoms with Crippen LogP contribution < -0.4 is 9.64 Å². The lowest BCUT2D eigenvalue weighted by molar-refractivity contribution is 0.0492. The van der Waals surface area contributed by atoms with Crippen molar-refractivity contribution in [3.63, 3.8) is 0 Å². The lowest BCUT2D eigenvalue weighted by Crippen LogP contribution is -2.43. The molecule has 1 aliphatic carbocycles. The second kappa shape index (κ2) is 7.51. The SMILES string of the molecule is [2H]C([2H])(Oc1nc(N2CCOC[C@@H]3[C@H]2C3(F)F)c2cnc(Cl)c(F)c2n1)[C@@]12CCCN1C[C@H](F)C2. The van der Waals surface area contributed by atoms with Crippen molar-refractivity contribution >= 4 is 28.3 Å². The summed E-state index contributed by atoms with van der Waals surface area (Å²) in [4.78, 5) is 15.1. The van der Waals surface area contributed by atoms with Gasteiger partial charge in [-0.25, -0.2) is 22.5 Å². The van der Waals surface area contributed by atoms with Crippen molar-refractivity contribution in [2.24, 2.45) is 5.92 Å². The molecule has 0 spiro atoms. The smallest absolute Gasteiger partial charge is 0.319 e. The van der Waals surface area contributed by atoms with Gasteiger partial charge in [-0.05, 0) is 19.4 Å². The average Bonchev–Trinajstić information content (AvgIpc) is 2.98. The Morgan fingerprint density at radius 1 is 1.33 bits per heavy atom. The van der Waals surface area contributed by atoms with Gasteiger partial charge in [0.1, 0.15) is 30.1 Å². The van der Waals surface area contributed by atoms with Gasteiger partial charge in [-0.1, -0.05) is 11.6 Å². The Bertz CT molecular complexity index is 1200. The van der Waals surface area contributed by atoms with Gasteiger partial charge in [0.25, 0.3) is 5.92 Å². The van der Waals surface area contributed by atoms with E-state index in [0.717, 1.165) is 0 Å². The summed E-state index contributed by atoms with van der Waals surface area (Å²) < 4.78 is 86.6. The zero-order valence-corrected chi connectivity index (χ0v) is 18.2. The Balaban J connectivity index is 1.45. The topological polar surface area (TPSA) is 63.6 Å². The van der Waals surface area contributed by atoms with Crippen molar-refractivity contribution in [3.8, 4) is 6.01 Å². The first-order chi connectivity index (χ1) is 16.5. The molecule has 0 N–H and O–H groups in total. The summed E-state index contributed by atoms with van der Waals surface area (Å²) in [6.45, 7) is -1.75. The van der Waals surface area contributed by atoms with Gasteiger partial charge in [0, 0.05) is 25.7 Å². The maximum absolute atomic E-state index is 15.0. The van der Waals surface area contributed by atoms with Crippen molar-refractivity contribution in [1.29, 1.82) is 0 Å². The maximum atomic E-state index is 15.0. The number of hydrogen-bond acceptors (Lipinski definition) is 7. The molecule has 0 radical (unpaired) electrons. The predicted octanol–water partition coefficient (Wildman–Crippen LogP) is 3.24. The van der Waals surface area contributed by atoms with Crippen LogP contribution in [0.5, 0.6) is 6.01 Å². The van der Waals surface area contributed by atoms with E-state index in [1.165, 1.54) is 11.1 Å². The number of anilines is 1. The lowest BCUT2D eigenvalue weighted by atomic mass is 9.95. The summed E-state index contributed by atoms with van der Waals surface area (Å²) in [5, 5.41) is -0.449. The molecule has 2 aromatic heterocycles. The molecule has 1 saturated carbocycles. The van der Waals surface area contributed by atoms with E-state index in [0.29, 0.717) is 19.4 Å². The zero-order valence-electron chi connectivity index (χ0n) is 19.4. The first kappa shape index (κ1) is 19.3. The van der Waals surface area contributed by atoms with Crippen LogP contribution in [0, 0.1) is 11.7 Å². The highest BCUT2D eigenvalue weighted by Crippen LogP contribution is 2.54. The number of nitrogens with zero attached hydrogens (tertiary/aromatic N) is 5. The third-order valence-electron chi connectivity index (χ3n) is 7.08. The molecule has 3 aliphatic heterocycles. The Kier molecular flexibility index (Phi) is 4.40. The molecule has 4 fully saturated rings. The summed E-state index contributed by atoms with van der Waals surface area (Å²) in [6, 6.07) is -1.77. The number of fused-ring (bicyclic) bond motifs is 3. The van der Waals surface area contributed by atoms with E-state index in [1.54, 1.807) is 4.90 Å². The lowest BCUT2D eigenvalue weighted by Gasteiger charge is -2.31. The molecule has 4 aliphatic rings. The van der Waals surface area contributed by atoms with Crippen molar-refractivity contribution in [1.82, 2.24) is 19.9 Å². The molecule has 3 saturated heterocycles. The minimum Gasteiger partial charge on any atom is -0.461 e. The van der Waals surface area contributed by atoms with E-state index in [9.17, 15) is 17.6 Å². The molecule has 2 aromatic rings. The molecule has 5 heterocycles. The molecule has 4 atom stereocenters. The third-order valence-corrected chi connectivity index (χ3v) is 7.34. The van der Waals surface area contributed by atoms with Gasteiger partial charge in [0.05, 0.1) is 32.8 Å². The second-order valence-electron chi connectivity index (χ2n) is 9.04. The molecular formula is C21H22ClF4N5O2. The largest absolute Gasteiger partial charge is 0.461 e. The van der Waals surface area contributed by atoms with E-state index >= 15 is 0 Å². The average molecular weight is 490 g/mol. The molecule has 0 aromatic carbocycles. The van der Waals surface area contributed by atoms with Gasteiger partial charge in [0.2, 0.25) is 0 Å². The summed E-state index contributed by atoms with van der Waals surface area (Å²) in [5.41, 5.74) is -1.56. The Morgan fingerprint density at radius 2 is 2.18 bits per heavy atom. The normalized spacial score (nSPS) is 34.5. The van der Waals surface area contributed by atoms with Crippen LogP contribution >= 0.6 is 11.6 Å². The Hall–Kier alpha value is -1.98. The highest BCUT2D eigenvalue weighted by molar-refractivity contribution is 6.30. The quantitative estimate of drug-likeness (QED) is 0.482. The van der Waals surface area contributed by atoms with E-state index in [2.05, 4.69) is 15.0 Å². The third kappa shape index (κ3) is 3.34. The molecule has 0 amide bonds. The maximum Gasteiger partial charge on any atom is 0.319 e. The summed E-state index contributed by atoms with van der Waals surface area (Å²) >= 11 is 5.85. The van der Waals surface area contributed by atoms with Crippen LogP contribution in [0.1, 0.15) is 22.0 Å². The standard InChI is InChI=1S/C21H22ClF4N5O2/c22-17-14(24)15-12(7-27-17)18(31-4-5-32-9-13-16(31)21(13,25)26)29-19(28-15)33-10-20-2-1-3-30(20)8-11(23)6-20/h7,11,13,16H,1-6,8-10H2/t11-,13-,16+,20+/m1/s1/i10D2. The molecule has 7 nitrogen and oxygen atoms in total. The number of aromatic nitrogens is 3. The van der Waals surface area contributed by atoms with E-state index in [-0.39, 0.29) is 49.4 Å². The fourth-order valence-electron chi connectivity index (χ4n) is 5.41. The molecule has 178 valence electrons. The van der Waals surface area contributed by atoms with Gasteiger partial charge < -0.3 is 14.4 Å². The molecule has 0 bridgehead atoms. The van der Waals surface area contributed by atoms with Crippen LogP contribution in [0.15, 0.2) is 6.20 Å². The van der Waals surface area contributed by atoms with Gasteiger partial charge in [-0.2, -0.15) is 9.97 Å². The van der Waals surface area contributed by atoms with Crippen LogP contribution in [0.2, 0.25) is 5.15 Å². The van der Waals surface area contributed by atoms with Crippen LogP contribution in [0.4, 0.5) is 23.4 Å². The first-order valence-electron chi connectivity index (χ1n) is 11.9. The summed E-state index contributed by atoms with van der Waals surface area (Å²) in [6.07, 6.45) is 0.948. The Morgan fingerprint density at radius 3 is 3.03 bits per heavy atom. The van der Waals surface area contributed by atoms with Crippen LogP contribution in [0.3, 0.4) is 0 Å². The number of hydrogen-bond donors (Lipinski definition) is 0. The van der Waals surface area contributed by atoms with Crippen LogP contribution in [0.25, 0.3) is 10.9 Å². The monoisotopic (exact) mass is 489 g/mol. The van der Waals surface area contributed by atoms with Crippen LogP contribution in [-0.4, -0.2) is 82.9 Å². The summed E-state index contributed by atoms with van der Waals surface area (Å²) in [7, 11) is 0. The minimum atomic E-state index is -3.03. The van der Waals surface area contributed by atoms with Gasteiger partial charge in [-0.15, -0.1) is 0 Å². The highest BCUT2D eigenvalue weighted by Gasteiger charge is 2.71. The molecule has 6 rings (SSSR count). The molecular weight excluding hydrogens is 466 g/mol. The predicted molar refractivity (Wildman–Crippen MR) is 111 cm³/mol. The van der Waals surface area contributed by atoms with E-state index in [4.69, 9.17) is 23.8 Å². The second-order valence-corrected chi connectivity index (χ2v) is 9.39.